The fourth-order valence-corrected chi connectivity index (χ4v) is 5.12. The van der Waals surface area contributed by atoms with Gasteiger partial charge < -0.3 is 9.47 Å². The number of hydrogen-bond acceptors (Lipinski definition) is 4. The van der Waals surface area contributed by atoms with Crippen molar-refractivity contribution < 1.29 is 14.4 Å². The van der Waals surface area contributed by atoms with Gasteiger partial charge >= 0.3 is 0 Å². The molecule has 3 aromatic rings. The Balaban J connectivity index is 1.52. The zero-order chi connectivity index (χ0) is 24.1. The Hall–Kier alpha value is -3.32. The third-order valence-corrected chi connectivity index (χ3v) is 7.00. The first-order chi connectivity index (χ1) is 16.5. The van der Waals surface area contributed by atoms with E-state index in [0.29, 0.717) is 24.5 Å². The number of aromatic nitrogens is 1. The Morgan fingerprint density at radius 1 is 1.00 bits per heavy atom. The highest BCUT2D eigenvalue weighted by molar-refractivity contribution is 8.18. The minimum Gasteiger partial charge on any atom is -0.342 e. The van der Waals surface area contributed by atoms with Gasteiger partial charge in [0.15, 0.2) is 0 Å². The normalized spacial score (nSPS) is 15.0. The quantitative estimate of drug-likeness (QED) is 0.400. The minimum atomic E-state index is -0.251. The standard InChI is InChI=1S/C27H29N3O3S/c1-3-28(4-2)25(31)19-29-18-21(22-14-8-9-15-23(22)29)17-24-26(32)30(27(33)34-24)16-10-13-20-11-6-5-7-12-20/h5-9,11-12,14-15,17-18H,3-4,10,13,16,19H2,1-2H3/b24-17-. The predicted molar refractivity (Wildman–Crippen MR) is 137 cm³/mol. The summed E-state index contributed by atoms with van der Waals surface area (Å²) in [6.07, 6.45) is 5.22. The molecule has 0 bridgehead atoms. The Bertz CT molecular complexity index is 1230. The highest BCUT2D eigenvalue weighted by atomic mass is 32.2. The molecule has 0 radical (unpaired) electrons. The monoisotopic (exact) mass is 475 g/mol. The van der Waals surface area contributed by atoms with Crippen molar-refractivity contribution >= 4 is 45.8 Å². The van der Waals surface area contributed by atoms with Crippen molar-refractivity contribution in [1.82, 2.24) is 14.4 Å². The maximum atomic E-state index is 13.0. The number of aryl methyl sites for hydroxylation is 1. The first-order valence-electron chi connectivity index (χ1n) is 11.7. The highest BCUT2D eigenvalue weighted by Crippen LogP contribution is 2.34. The van der Waals surface area contributed by atoms with Gasteiger partial charge in [0.1, 0.15) is 6.54 Å². The van der Waals surface area contributed by atoms with Gasteiger partial charge in [-0.15, -0.1) is 0 Å². The SMILES string of the molecule is CCN(CC)C(=O)Cn1cc(/C=C2\SC(=O)N(CCCc3ccccc3)C2=O)c2ccccc21. The molecular formula is C27H29N3O3S. The van der Waals surface area contributed by atoms with Crippen molar-refractivity contribution in [2.24, 2.45) is 0 Å². The molecule has 1 fully saturated rings. The maximum Gasteiger partial charge on any atom is 0.293 e. The van der Waals surface area contributed by atoms with Gasteiger partial charge in [-0.1, -0.05) is 48.5 Å². The fraction of sp³-hybridized carbons (Fsp3) is 0.296. The molecule has 176 valence electrons. The number of para-hydroxylation sites is 1. The van der Waals surface area contributed by atoms with Crippen molar-refractivity contribution in [2.75, 3.05) is 19.6 Å². The van der Waals surface area contributed by atoms with E-state index in [1.165, 1.54) is 10.5 Å². The topological polar surface area (TPSA) is 62.6 Å². The van der Waals surface area contributed by atoms with E-state index in [1.807, 2.05) is 67.1 Å². The van der Waals surface area contributed by atoms with Crippen LogP contribution in [0.2, 0.25) is 0 Å². The maximum absolute atomic E-state index is 13.0. The average Bonchev–Trinajstić information content (AvgIpc) is 3.32. The van der Waals surface area contributed by atoms with Gasteiger partial charge in [-0.25, -0.2) is 0 Å². The van der Waals surface area contributed by atoms with Crippen molar-refractivity contribution in [3.63, 3.8) is 0 Å². The largest absolute Gasteiger partial charge is 0.342 e. The predicted octanol–water partition coefficient (Wildman–Crippen LogP) is 5.18. The van der Waals surface area contributed by atoms with Crippen LogP contribution in [0.25, 0.3) is 17.0 Å². The molecule has 3 amide bonds. The summed E-state index contributed by atoms with van der Waals surface area (Å²) in [7, 11) is 0. The van der Waals surface area contributed by atoms with Crippen LogP contribution < -0.4 is 0 Å². The molecular weight excluding hydrogens is 446 g/mol. The molecule has 0 unspecified atom stereocenters. The average molecular weight is 476 g/mol. The molecule has 0 N–H and O–H groups in total. The van der Waals surface area contributed by atoms with Crippen molar-refractivity contribution in [2.45, 2.75) is 33.2 Å². The highest BCUT2D eigenvalue weighted by Gasteiger charge is 2.34. The molecule has 2 heterocycles. The first kappa shape index (κ1) is 23.8. The molecule has 1 saturated heterocycles. The molecule has 1 aromatic heterocycles. The van der Waals surface area contributed by atoms with Crippen LogP contribution in [0.1, 0.15) is 31.4 Å². The molecule has 6 nitrogen and oxygen atoms in total. The second kappa shape index (κ2) is 10.7. The van der Waals surface area contributed by atoms with Crippen LogP contribution in [0, 0.1) is 0 Å². The number of hydrogen-bond donors (Lipinski definition) is 0. The Labute approximate surface area is 204 Å². The van der Waals surface area contributed by atoms with Gasteiger partial charge in [0.25, 0.3) is 11.1 Å². The second-order valence-corrected chi connectivity index (χ2v) is 9.21. The lowest BCUT2D eigenvalue weighted by molar-refractivity contribution is -0.131. The van der Waals surface area contributed by atoms with Crippen LogP contribution in [0.4, 0.5) is 4.79 Å². The Morgan fingerprint density at radius 2 is 1.71 bits per heavy atom. The van der Waals surface area contributed by atoms with Crippen LogP contribution >= 0.6 is 11.8 Å². The zero-order valence-corrected chi connectivity index (χ0v) is 20.4. The van der Waals surface area contributed by atoms with Gasteiger partial charge in [0, 0.05) is 42.3 Å². The van der Waals surface area contributed by atoms with E-state index >= 15 is 0 Å². The summed E-state index contributed by atoms with van der Waals surface area (Å²) in [5.41, 5.74) is 2.95. The van der Waals surface area contributed by atoms with Crippen LogP contribution in [0.5, 0.6) is 0 Å². The summed E-state index contributed by atoms with van der Waals surface area (Å²) in [6, 6.07) is 17.9. The smallest absolute Gasteiger partial charge is 0.293 e. The number of carbonyl (C=O) groups is 3. The number of rotatable bonds is 9. The van der Waals surface area contributed by atoms with E-state index in [0.717, 1.165) is 41.1 Å². The lowest BCUT2D eigenvalue weighted by atomic mass is 10.1. The molecule has 0 atom stereocenters. The summed E-state index contributed by atoms with van der Waals surface area (Å²) in [5.74, 6) is -0.199. The summed E-state index contributed by atoms with van der Waals surface area (Å²) >= 11 is 0.981. The van der Waals surface area contributed by atoms with E-state index in [1.54, 1.807) is 11.0 Å². The molecule has 0 spiro atoms. The minimum absolute atomic E-state index is 0.0519. The second-order valence-electron chi connectivity index (χ2n) is 8.22. The number of amides is 3. The molecule has 4 rings (SSSR count). The number of benzene rings is 2. The number of likely N-dealkylation sites (N-methyl/N-ethyl adjacent to an activating group) is 1. The van der Waals surface area contributed by atoms with Crippen LogP contribution in [0.15, 0.2) is 65.7 Å². The lowest BCUT2D eigenvalue weighted by Gasteiger charge is -2.19. The van der Waals surface area contributed by atoms with E-state index in [4.69, 9.17) is 0 Å². The number of fused-ring (bicyclic) bond motifs is 1. The van der Waals surface area contributed by atoms with Gasteiger partial charge in [-0.05, 0) is 56.2 Å². The molecule has 2 aromatic carbocycles. The Kier molecular flexibility index (Phi) is 7.53. The summed E-state index contributed by atoms with van der Waals surface area (Å²) in [5, 5.41) is 0.718. The van der Waals surface area contributed by atoms with Crippen molar-refractivity contribution in [1.29, 1.82) is 0 Å². The molecule has 7 heteroatoms. The molecule has 34 heavy (non-hydrogen) atoms. The van der Waals surface area contributed by atoms with Gasteiger partial charge in [-0.3, -0.25) is 19.3 Å². The zero-order valence-electron chi connectivity index (χ0n) is 19.6. The van der Waals surface area contributed by atoms with Gasteiger partial charge in [0.05, 0.1) is 4.91 Å². The first-order valence-corrected chi connectivity index (χ1v) is 12.5. The lowest BCUT2D eigenvalue weighted by Crippen LogP contribution is -2.33. The molecule has 0 aliphatic carbocycles. The number of thioether (sulfide) groups is 1. The molecule has 0 saturated carbocycles. The van der Waals surface area contributed by atoms with Gasteiger partial charge in [-0.2, -0.15) is 0 Å². The third-order valence-electron chi connectivity index (χ3n) is 6.09. The number of nitrogens with zero attached hydrogens (tertiary/aromatic N) is 3. The summed E-state index contributed by atoms with van der Waals surface area (Å²) in [6.45, 7) is 5.90. The van der Waals surface area contributed by atoms with E-state index in [2.05, 4.69) is 12.1 Å². The Morgan fingerprint density at radius 3 is 2.44 bits per heavy atom. The van der Waals surface area contributed by atoms with Crippen LogP contribution in [0.3, 0.4) is 0 Å². The summed E-state index contributed by atoms with van der Waals surface area (Å²) in [4.78, 5) is 41.8. The van der Waals surface area contributed by atoms with E-state index in [-0.39, 0.29) is 23.6 Å². The van der Waals surface area contributed by atoms with Crippen molar-refractivity contribution in [3.8, 4) is 0 Å². The molecule has 1 aliphatic rings. The van der Waals surface area contributed by atoms with Crippen LogP contribution in [-0.4, -0.2) is 51.1 Å². The third kappa shape index (κ3) is 5.09. The van der Waals surface area contributed by atoms with Crippen molar-refractivity contribution in [3.05, 3.63) is 76.8 Å². The number of carbonyl (C=O) groups excluding carboxylic acids is 3. The fourth-order valence-electron chi connectivity index (χ4n) is 4.26. The van der Waals surface area contributed by atoms with Crippen LogP contribution in [-0.2, 0) is 22.6 Å². The van der Waals surface area contributed by atoms with E-state index in [9.17, 15) is 14.4 Å². The summed E-state index contributed by atoms with van der Waals surface area (Å²) < 4.78 is 1.92. The van der Waals surface area contributed by atoms with Gasteiger partial charge in [0.2, 0.25) is 5.91 Å². The van der Waals surface area contributed by atoms with E-state index < -0.39 is 0 Å². The molecule has 1 aliphatic heterocycles. The number of imide groups is 1.